The molecule has 0 unspecified atom stereocenters. The van der Waals surface area contributed by atoms with E-state index in [2.05, 4.69) is 58.5 Å². The van der Waals surface area contributed by atoms with Gasteiger partial charge in [-0.1, -0.05) is 48.5 Å². The molecule has 0 radical (unpaired) electrons. The molecule has 1 aliphatic rings. The van der Waals surface area contributed by atoms with E-state index in [0.29, 0.717) is 6.54 Å². The number of hydrogen-bond donors (Lipinski definition) is 1. The summed E-state index contributed by atoms with van der Waals surface area (Å²) < 4.78 is 0. The van der Waals surface area contributed by atoms with Gasteiger partial charge in [0, 0.05) is 33.2 Å². The first-order valence-electron chi connectivity index (χ1n) is 9.97. The van der Waals surface area contributed by atoms with Crippen LogP contribution >= 0.6 is 0 Å². The molecule has 28 heavy (non-hydrogen) atoms. The molecular formula is C23H30N4O. The standard InChI is InChI=1S/C23H30N4O/c1-4-24-23(26(3)16-20-11-6-5-9-18(20)2)25-15-22(28)27-14-13-19-10-7-8-12-21(19)17-27/h5-12H,4,13-17H2,1-3H3,(H,24,25). The number of aliphatic imine (C=N–C) groups is 1. The molecule has 1 amide bonds. The topological polar surface area (TPSA) is 47.9 Å². The molecule has 0 saturated carbocycles. The molecule has 1 aliphatic heterocycles. The Bertz CT molecular complexity index is 846. The van der Waals surface area contributed by atoms with Crippen molar-refractivity contribution in [1.29, 1.82) is 0 Å². The Hall–Kier alpha value is -2.82. The number of aryl methyl sites for hydroxylation is 1. The third kappa shape index (κ3) is 4.91. The summed E-state index contributed by atoms with van der Waals surface area (Å²) in [5, 5.41) is 3.30. The van der Waals surface area contributed by atoms with Crippen molar-refractivity contribution >= 4 is 11.9 Å². The molecule has 0 saturated heterocycles. The van der Waals surface area contributed by atoms with Crippen molar-refractivity contribution in [2.75, 3.05) is 26.7 Å². The minimum atomic E-state index is 0.0780. The Kier molecular flexibility index (Phi) is 6.69. The van der Waals surface area contributed by atoms with E-state index in [9.17, 15) is 4.79 Å². The predicted molar refractivity (Wildman–Crippen MR) is 114 cm³/mol. The molecule has 148 valence electrons. The molecule has 2 aromatic carbocycles. The van der Waals surface area contributed by atoms with Gasteiger partial charge in [0.1, 0.15) is 6.54 Å². The maximum absolute atomic E-state index is 12.7. The fourth-order valence-electron chi connectivity index (χ4n) is 3.54. The number of nitrogens with zero attached hydrogens (tertiary/aromatic N) is 3. The quantitative estimate of drug-likeness (QED) is 0.643. The third-order valence-corrected chi connectivity index (χ3v) is 5.21. The largest absolute Gasteiger partial charge is 0.357 e. The Morgan fingerprint density at radius 1 is 1.14 bits per heavy atom. The van der Waals surface area contributed by atoms with E-state index in [1.807, 2.05) is 31.0 Å². The summed E-state index contributed by atoms with van der Waals surface area (Å²) in [6.45, 7) is 7.29. The summed E-state index contributed by atoms with van der Waals surface area (Å²) in [5.74, 6) is 0.839. The summed E-state index contributed by atoms with van der Waals surface area (Å²) in [6.07, 6.45) is 0.916. The molecule has 5 nitrogen and oxygen atoms in total. The van der Waals surface area contributed by atoms with Gasteiger partial charge in [0.05, 0.1) is 0 Å². The fraction of sp³-hybridized carbons (Fsp3) is 0.391. The highest BCUT2D eigenvalue weighted by Crippen LogP contribution is 2.18. The number of amides is 1. The summed E-state index contributed by atoms with van der Waals surface area (Å²) >= 11 is 0. The van der Waals surface area contributed by atoms with Crippen LogP contribution in [-0.2, 0) is 24.3 Å². The molecule has 0 atom stereocenters. The molecule has 5 heteroatoms. The lowest BCUT2D eigenvalue weighted by molar-refractivity contribution is -0.130. The van der Waals surface area contributed by atoms with Gasteiger partial charge >= 0.3 is 0 Å². The maximum atomic E-state index is 12.7. The van der Waals surface area contributed by atoms with Crippen LogP contribution in [0.25, 0.3) is 0 Å². The van der Waals surface area contributed by atoms with Gasteiger partial charge in [-0.2, -0.15) is 0 Å². The van der Waals surface area contributed by atoms with Crippen molar-refractivity contribution in [1.82, 2.24) is 15.1 Å². The fourth-order valence-corrected chi connectivity index (χ4v) is 3.54. The van der Waals surface area contributed by atoms with Gasteiger partial charge < -0.3 is 15.1 Å². The van der Waals surface area contributed by atoms with E-state index in [1.165, 1.54) is 22.3 Å². The van der Waals surface area contributed by atoms with E-state index in [4.69, 9.17) is 0 Å². The van der Waals surface area contributed by atoms with Gasteiger partial charge in [0.2, 0.25) is 5.91 Å². The molecule has 1 N–H and O–H groups in total. The van der Waals surface area contributed by atoms with Gasteiger partial charge in [-0.15, -0.1) is 0 Å². The lowest BCUT2D eigenvalue weighted by atomic mass is 10.00. The highest BCUT2D eigenvalue weighted by molar-refractivity contribution is 5.85. The van der Waals surface area contributed by atoms with Gasteiger partial charge in [0.25, 0.3) is 0 Å². The third-order valence-electron chi connectivity index (χ3n) is 5.21. The molecule has 0 fully saturated rings. The first kappa shape index (κ1) is 19.9. The van der Waals surface area contributed by atoms with E-state index in [-0.39, 0.29) is 12.5 Å². The second kappa shape index (κ2) is 9.40. The van der Waals surface area contributed by atoms with E-state index in [0.717, 1.165) is 32.0 Å². The molecule has 0 aromatic heterocycles. The van der Waals surface area contributed by atoms with Crippen molar-refractivity contribution in [2.45, 2.75) is 33.4 Å². The molecule has 0 aliphatic carbocycles. The molecular weight excluding hydrogens is 348 g/mol. The van der Waals surface area contributed by atoms with Crippen LogP contribution in [0, 0.1) is 6.92 Å². The molecule has 2 aromatic rings. The minimum absolute atomic E-state index is 0.0780. The minimum Gasteiger partial charge on any atom is -0.357 e. The number of guanidine groups is 1. The highest BCUT2D eigenvalue weighted by Gasteiger charge is 2.20. The van der Waals surface area contributed by atoms with Crippen molar-refractivity contribution in [2.24, 2.45) is 4.99 Å². The van der Waals surface area contributed by atoms with Crippen LogP contribution in [0.1, 0.15) is 29.2 Å². The van der Waals surface area contributed by atoms with Gasteiger partial charge in [-0.05, 0) is 42.5 Å². The Labute approximate surface area is 168 Å². The van der Waals surface area contributed by atoms with Gasteiger partial charge in [-0.25, -0.2) is 4.99 Å². The first-order chi connectivity index (χ1) is 13.6. The number of benzene rings is 2. The molecule has 1 heterocycles. The predicted octanol–water partition coefficient (Wildman–Crippen LogP) is 2.98. The Morgan fingerprint density at radius 3 is 2.61 bits per heavy atom. The smallest absolute Gasteiger partial charge is 0.244 e. The maximum Gasteiger partial charge on any atom is 0.244 e. The Morgan fingerprint density at radius 2 is 1.86 bits per heavy atom. The van der Waals surface area contributed by atoms with E-state index >= 15 is 0 Å². The number of fused-ring (bicyclic) bond motifs is 1. The second-order valence-electron chi connectivity index (χ2n) is 7.29. The average molecular weight is 379 g/mol. The van der Waals surface area contributed by atoms with Crippen LogP contribution < -0.4 is 5.32 Å². The number of rotatable bonds is 5. The van der Waals surface area contributed by atoms with Crippen LogP contribution in [0.3, 0.4) is 0 Å². The molecule has 0 spiro atoms. The van der Waals surface area contributed by atoms with Crippen molar-refractivity contribution in [3.05, 3.63) is 70.8 Å². The summed E-state index contributed by atoms with van der Waals surface area (Å²) in [7, 11) is 2.01. The summed E-state index contributed by atoms with van der Waals surface area (Å²) in [4.78, 5) is 21.3. The number of nitrogens with one attached hydrogen (secondary N) is 1. The molecule has 3 rings (SSSR count). The van der Waals surface area contributed by atoms with E-state index in [1.54, 1.807) is 0 Å². The van der Waals surface area contributed by atoms with Crippen molar-refractivity contribution in [3.8, 4) is 0 Å². The van der Waals surface area contributed by atoms with E-state index < -0.39 is 0 Å². The number of carbonyl (C=O) groups is 1. The zero-order valence-corrected chi connectivity index (χ0v) is 17.1. The highest BCUT2D eigenvalue weighted by atomic mass is 16.2. The number of hydrogen-bond acceptors (Lipinski definition) is 2. The summed E-state index contributed by atoms with van der Waals surface area (Å²) in [6, 6.07) is 16.7. The monoisotopic (exact) mass is 378 g/mol. The second-order valence-corrected chi connectivity index (χ2v) is 7.29. The van der Waals surface area contributed by atoms with Gasteiger partial charge in [0.15, 0.2) is 5.96 Å². The summed E-state index contributed by atoms with van der Waals surface area (Å²) in [5.41, 5.74) is 5.11. The van der Waals surface area contributed by atoms with Crippen LogP contribution in [-0.4, -0.2) is 48.3 Å². The van der Waals surface area contributed by atoms with Crippen LogP contribution in [0.5, 0.6) is 0 Å². The molecule has 0 bridgehead atoms. The lowest BCUT2D eigenvalue weighted by Gasteiger charge is -2.29. The van der Waals surface area contributed by atoms with Gasteiger partial charge in [-0.3, -0.25) is 4.79 Å². The van der Waals surface area contributed by atoms with Crippen LogP contribution in [0.4, 0.5) is 0 Å². The Balaban J connectivity index is 1.64. The average Bonchev–Trinajstić information content (AvgIpc) is 2.72. The zero-order valence-electron chi connectivity index (χ0n) is 17.1. The van der Waals surface area contributed by atoms with Crippen LogP contribution in [0.15, 0.2) is 53.5 Å². The normalized spacial score (nSPS) is 13.8. The van der Waals surface area contributed by atoms with Crippen molar-refractivity contribution in [3.63, 3.8) is 0 Å². The zero-order chi connectivity index (χ0) is 19.9. The van der Waals surface area contributed by atoms with Crippen LogP contribution in [0.2, 0.25) is 0 Å². The SMILES string of the molecule is CCNC(=NCC(=O)N1CCc2ccccc2C1)N(C)Cc1ccccc1C. The first-order valence-corrected chi connectivity index (χ1v) is 9.97. The number of carbonyl (C=O) groups excluding carboxylic acids is 1. The lowest BCUT2D eigenvalue weighted by Crippen LogP contribution is -2.41. The van der Waals surface area contributed by atoms with Crippen molar-refractivity contribution < 1.29 is 4.79 Å².